The van der Waals surface area contributed by atoms with Crippen LogP contribution >= 0.6 is 0 Å². The quantitative estimate of drug-likeness (QED) is 0.244. The minimum Gasteiger partial charge on any atom is -0.359 e. The normalized spacial score (nSPS) is 11.8. The first-order valence-electron chi connectivity index (χ1n) is 11.0. The average Bonchev–Trinajstić information content (AvgIpc) is 3.51. The number of urea groups is 1. The highest BCUT2D eigenvalue weighted by molar-refractivity contribution is 6.13. The van der Waals surface area contributed by atoms with E-state index in [9.17, 15) is 9.59 Å². The Labute approximate surface area is 195 Å². The molecule has 172 valence electrons. The monoisotopic (exact) mass is 455 g/mol. The Balaban J connectivity index is 1.39. The van der Waals surface area contributed by atoms with Gasteiger partial charge in [-0.15, -0.1) is 0 Å². The molecule has 34 heavy (non-hydrogen) atoms. The highest BCUT2D eigenvalue weighted by atomic mass is 16.5. The van der Waals surface area contributed by atoms with Gasteiger partial charge in [0, 0.05) is 33.3 Å². The number of hydrogen-bond acceptors (Lipinski definition) is 4. The third-order valence-electron chi connectivity index (χ3n) is 5.77. The highest BCUT2D eigenvalue weighted by Crippen LogP contribution is 2.28. The summed E-state index contributed by atoms with van der Waals surface area (Å²) in [4.78, 5) is 32.1. The predicted octanol–water partition coefficient (Wildman–Crippen LogP) is 6.12. The summed E-state index contributed by atoms with van der Waals surface area (Å²) in [5.41, 5.74) is 4.04. The van der Waals surface area contributed by atoms with Crippen molar-refractivity contribution in [3.05, 3.63) is 77.3 Å². The number of H-pyrrole nitrogens is 2. The van der Waals surface area contributed by atoms with Crippen LogP contribution in [0.2, 0.25) is 0 Å². The first kappa shape index (κ1) is 21.5. The first-order valence-corrected chi connectivity index (χ1v) is 11.0. The molecule has 5 rings (SSSR count). The SMILES string of the molecule is Cc1cccc2[nH]c(C(=O)c3cc4c(NC(=O)Nc5cc(C(C)(C)C)on5)cccc4[nH]3)cc12. The molecule has 3 aromatic heterocycles. The van der Waals surface area contributed by atoms with Crippen molar-refractivity contribution in [1.29, 1.82) is 0 Å². The number of rotatable bonds is 4. The van der Waals surface area contributed by atoms with Crippen LogP contribution in [0.5, 0.6) is 0 Å². The summed E-state index contributed by atoms with van der Waals surface area (Å²) in [6.07, 6.45) is 0. The average molecular weight is 456 g/mol. The van der Waals surface area contributed by atoms with Crippen LogP contribution < -0.4 is 10.6 Å². The number of fused-ring (bicyclic) bond motifs is 2. The van der Waals surface area contributed by atoms with Gasteiger partial charge in [-0.25, -0.2) is 4.79 Å². The van der Waals surface area contributed by atoms with Crippen LogP contribution in [-0.2, 0) is 5.41 Å². The van der Waals surface area contributed by atoms with Gasteiger partial charge in [0.25, 0.3) is 0 Å². The van der Waals surface area contributed by atoms with Crippen molar-refractivity contribution < 1.29 is 14.1 Å². The lowest BCUT2D eigenvalue weighted by molar-refractivity contribution is 0.103. The number of aromatic nitrogens is 3. The Morgan fingerprint density at radius 3 is 2.18 bits per heavy atom. The molecule has 4 N–H and O–H groups in total. The fraction of sp³-hybridized carbons (Fsp3) is 0.192. The molecule has 0 bridgehead atoms. The topological polar surface area (TPSA) is 116 Å². The van der Waals surface area contributed by atoms with E-state index in [0.717, 1.165) is 27.4 Å². The zero-order valence-corrected chi connectivity index (χ0v) is 19.4. The zero-order valence-electron chi connectivity index (χ0n) is 19.4. The summed E-state index contributed by atoms with van der Waals surface area (Å²) >= 11 is 0. The van der Waals surface area contributed by atoms with Crippen molar-refractivity contribution in [2.24, 2.45) is 0 Å². The smallest absolute Gasteiger partial charge is 0.324 e. The van der Waals surface area contributed by atoms with Crippen molar-refractivity contribution in [3.8, 4) is 0 Å². The van der Waals surface area contributed by atoms with E-state index in [1.165, 1.54) is 0 Å². The second-order valence-electron chi connectivity index (χ2n) is 9.40. The molecule has 0 unspecified atom stereocenters. The molecule has 0 spiro atoms. The number of nitrogens with one attached hydrogen (secondary N) is 4. The van der Waals surface area contributed by atoms with Gasteiger partial charge in [-0.3, -0.25) is 10.1 Å². The van der Waals surface area contributed by atoms with Crippen LogP contribution in [0.25, 0.3) is 21.8 Å². The van der Waals surface area contributed by atoms with Gasteiger partial charge in [0.05, 0.1) is 17.1 Å². The van der Waals surface area contributed by atoms with Gasteiger partial charge in [-0.05, 0) is 42.8 Å². The molecule has 0 aliphatic rings. The van der Waals surface area contributed by atoms with Crippen LogP contribution in [-0.4, -0.2) is 26.9 Å². The lowest BCUT2D eigenvalue weighted by Crippen LogP contribution is -2.19. The molecule has 0 fully saturated rings. The van der Waals surface area contributed by atoms with Crippen LogP contribution in [0.1, 0.15) is 48.3 Å². The van der Waals surface area contributed by atoms with Crippen molar-refractivity contribution in [3.63, 3.8) is 0 Å². The van der Waals surface area contributed by atoms with Gasteiger partial charge >= 0.3 is 6.03 Å². The van der Waals surface area contributed by atoms with Gasteiger partial charge in [-0.2, -0.15) is 0 Å². The van der Waals surface area contributed by atoms with E-state index >= 15 is 0 Å². The Morgan fingerprint density at radius 1 is 0.882 bits per heavy atom. The van der Waals surface area contributed by atoms with E-state index < -0.39 is 6.03 Å². The summed E-state index contributed by atoms with van der Waals surface area (Å²) < 4.78 is 5.31. The Hall–Kier alpha value is -4.33. The van der Waals surface area contributed by atoms with E-state index in [1.54, 1.807) is 18.2 Å². The standard InChI is InChI=1S/C26H25N5O3/c1-14-7-5-8-17-15(14)11-20(27-17)24(32)21-12-16-18(28-21)9-6-10-19(16)29-25(33)30-23-13-22(34-31-23)26(2,3)4/h5-13,27-28H,1-4H3,(H2,29,30,31,33). The number of aromatic amines is 2. The molecule has 0 atom stereocenters. The minimum atomic E-state index is -0.457. The lowest BCUT2D eigenvalue weighted by atomic mass is 9.93. The molecule has 0 radical (unpaired) electrons. The molecular weight excluding hydrogens is 430 g/mol. The van der Waals surface area contributed by atoms with E-state index in [0.29, 0.717) is 28.7 Å². The Morgan fingerprint density at radius 2 is 1.53 bits per heavy atom. The van der Waals surface area contributed by atoms with Crippen molar-refractivity contribution in [1.82, 2.24) is 15.1 Å². The largest absolute Gasteiger partial charge is 0.359 e. The predicted molar refractivity (Wildman–Crippen MR) is 133 cm³/mol. The van der Waals surface area contributed by atoms with Crippen LogP contribution in [0.15, 0.2) is 59.1 Å². The number of carbonyl (C=O) groups is 2. The molecular formula is C26H25N5O3. The number of aryl methyl sites for hydroxylation is 1. The van der Waals surface area contributed by atoms with Gasteiger partial charge < -0.3 is 19.8 Å². The molecule has 2 amide bonds. The summed E-state index contributed by atoms with van der Waals surface area (Å²) in [6, 6.07) is 16.2. The molecule has 8 heteroatoms. The number of amides is 2. The molecule has 8 nitrogen and oxygen atoms in total. The zero-order chi connectivity index (χ0) is 24.0. The minimum absolute atomic E-state index is 0.153. The van der Waals surface area contributed by atoms with Gasteiger partial charge in [-0.1, -0.05) is 44.1 Å². The van der Waals surface area contributed by atoms with Crippen LogP contribution in [0.3, 0.4) is 0 Å². The fourth-order valence-electron chi connectivity index (χ4n) is 3.92. The summed E-state index contributed by atoms with van der Waals surface area (Å²) in [5, 5.41) is 11.2. The lowest BCUT2D eigenvalue weighted by Gasteiger charge is -2.12. The Bertz CT molecular complexity index is 1550. The third-order valence-corrected chi connectivity index (χ3v) is 5.77. The van der Waals surface area contributed by atoms with Crippen molar-refractivity contribution >= 4 is 45.1 Å². The number of anilines is 2. The number of benzene rings is 2. The van der Waals surface area contributed by atoms with E-state index in [1.807, 2.05) is 64.1 Å². The number of nitrogens with zero attached hydrogens (tertiary/aromatic N) is 1. The number of hydrogen-bond donors (Lipinski definition) is 4. The molecule has 3 heterocycles. The molecule has 0 saturated carbocycles. The van der Waals surface area contributed by atoms with Crippen LogP contribution in [0.4, 0.5) is 16.3 Å². The maximum Gasteiger partial charge on any atom is 0.324 e. The van der Waals surface area contributed by atoms with Crippen LogP contribution in [0, 0.1) is 6.92 Å². The maximum absolute atomic E-state index is 13.2. The maximum atomic E-state index is 13.2. The molecule has 0 saturated heterocycles. The van der Waals surface area contributed by atoms with E-state index in [4.69, 9.17) is 4.52 Å². The third kappa shape index (κ3) is 3.94. The molecule has 0 aliphatic heterocycles. The number of ketones is 1. The van der Waals surface area contributed by atoms with E-state index in [-0.39, 0.29) is 11.2 Å². The Kier molecular flexibility index (Phi) is 5.01. The number of carbonyl (C=O) groups excluding carboxylic acids is 2. The second kappa shape index (κ2) is 7.91. The van der Waals surface area contributed by atoms with E-state index in [2.05, 4.69) is 25.8 Å². The highest BCUT2D eigenvalue weighted by Gasteiger charge is 2.21. The molecule has 5 aromatic rings. The second-order valence-corrected chi connectivity index (χ2v) is 9.40. The molecule has 2 aromatic carbocycles. The fourth-order valence-corrected chi connectivity index (χ4v) is 3.92. The van der Waals surface area contributed by atoms with Crippen molar-refractivity contribution in [2.75, 3.05) is 10.6 Å². The van der Waals surface area contributed by atoms with Gasteiger partial charge in [0.2, 0.25) is 5.78 Å². The van der Waals surface area contributed by atoms with Crippen molar-refractivity contribution in [2.45, 2.75) is 33.1 Å². The van der Waals surface area contributed by atoms with Gasteiger partial charge in [0.15, 0.2) is 5.82 Å². The first-order chi connectivity index (χ1) is 16.2. The summed E-state index contributed by atoms with van der Waals surface area (Å²) in [5.74, 6) is 0.846. The summed E-state index contributed by atoms with van der Waals surface area (Å²) in [7, 11) is 0. The summed E-state index contributed by atoms with van der Waals surface area (Å²) in [6.45, 7) is 8.01. The molecule has 0 aliphatic carbocycles. The van der Waals surface area contributed by atoms with Gasteiger partial charge in [0.1, 0.15) is 5.76 Å².